The first-order valence-electron chi connectivity index (χ1n) is 7.66. The summed E-state index contributed by atoms with van der Waals surface area (Å²) in [6.45, 7) is 2.88. The predicted octanol–water partition coefficient (Wildman–Crippen LogP) is 0.906. The molecular formula is C16H25N3O2. The van der Waals surface area contributed by atoms with Gasteiger partial charge in [-0.2, -0.15) is 0 Å². The maximum absolute atomic E-state index is 11.4. The topological polar surface area (TPSA) is 81.6 Å². The van der Waals surface area contributed by atoms with Gasteiger partial charge in [0.1, 0.15) is 12.4 Å². The molecule has 1 aliphatic heterocycles. The SMILES string of the molecule is NCCc1ccc(OCCN2CCCCC2C(N)=O)cc1. The Morgan fingerprint density at radius 3 is 2.71 bits per heavy atom. The van der Waals surface area contributed by atoms with E-state index in [0.717, 1.165) is 44.5 Å². The third-order valence-corrected chi connectivity index (χ3v) is 3.95. The van der Waals surface area contributed by atoms with Crippen LogP contribution in [0.3, 0.4) is 0 Å². The monoisotopic (exact) mass is 291 g/mol. The highest BCUT2D eigenvalue weighted by molar-refractivity contribution is 5.79. The van der Waals surface area contributed by atoms with Crippen LogP contribution >= 0.6 is 0 Å². The van der Waals surface area contributed by atoms with E-state index >= 15 is 0 Å². The summed E-state index contributed by atoms with van der Waals surface area (Å²) in [5.74, 6) is 0.629. The molecule has 4 N–H and O–H groups in total. The van der Waals surface area contributed by atoms with Gasteiger partial charge in [0, 0.05) is 6.54 Å². The molecule has 1 heterocycles. The van der Waals surface area contributed by atoms with Crippen molar-refractivity contribution in [1.29, 1.82) is 0 Å². The van der Waals surface area contributed by atoms with Crippen molar-refractivity contribution in [2.75, 3.05) is 26.2 Å². The zero-order valence-electron chi connectivity index (χ0n) is 12.5. The van der Waals surface area contributed by atoms with E-state index in [0.29, 0.717) is 13.2 Å². The first-order chi connectivity index (χ1) is 10.2. The summed E-state index contributed by atoms with van der Waals surface area (Å²) >= 11 is 0. The van der Waals surface area contributed by atoms with Crippen molar-refractivity contribution in [3.63, 3.8) is 0 Å². The summed E-state index contributed by atoms with van der Waals surface area (Å²) in [5, 5.41) is 0. The highest BCUT2D eigenvalue weighted by Gasteiger charge is 2.26. The van der Waals surface area contributed by atoms with Gasteiger partial charge in [-0.25, -0.2) is 0 Å². The number of carbonyl (C=O) groups is 1. The second kappa shape index (κ2) is 8.00. The molecule has 21 heavy (non-hydrogen) atoms. The van der Waals surface area contributed by atoms with E-state index in [9.17, 15) is 4.79 Å². The minimum Gasteiger partial charge on any atom is -0.492 e. The van der Waals surface area contributed by atoms with Crippen LogP contribution < -0.4 is 16.2 Å². The zero-order chi connectivity index (χ0) is 15.1. The maximum atomic E-state index is 11.4. The van der Waals surface area contributed by atoms with Gasteiger partial charge in [0.2, 0.25) is 5.91 Å². The molecule has 2 rings (SSSR count). The number of nitrogens with two attached hydrogens (primary N) is 2. The van der Waals surface area contributed by atoms with Gasteiger partial charge in [0.05, 0.1) is 6.04 Å². The second-order valence-corrected chi connectivity index (χ2v) is 5.48. The summed E-state index contributed by atoms with van der Waals surface area (Å²) < 4.78 is 5.74. The third-order valence-electron chi connectivity index (χ3n) is 3.95. The summed E-state index contributed by atoms with van der Waals surface area (Å²) in [7, 11) is 0. The first-order valence-corrected chi connectivity index (χ1v) is 7.66. The lowest BCUT2D eigenvalue weighted by Gasteiger charge is -2.33. The minimum absolute atomic E-state index is 0.130. The molecule has 1 atom stereocenters. The summed E-state index contributed by atoms with van der Waals surface area (Å²) in [6, 6.07) is 7.87. The molecule has 0 spiro atoms. The molecule has 0 aliphatic carbocycles. The number of amides is 1. The van der Waals surface area contributed by atoms with Gasteiger partial charge < -0.3 is 16.2 Å². The van der Waals surface area contributed by atoms with Gasteiger partial charge in [-0.1, -0.05) is 18.6 Å². The number of piperidine rings is 1. The molecule has 5 nitrogen and oxygen atoms in total. The fraction of sp³-hybridized carbons (Fsp3) is 0.562. The van der Waals surface area contributed by atoms with Crippen LogP contribution in [0, 0.1) is 0 Å². The minimum atomic E-state index is -0.221. The van der Waals surface area contributed by atoms with Gasteiger partial charge in [-0.05, 0) is 50.0 Å². The number of ether oxygens (including phenoxy) is 1. The van der Waals surface area contributed by atoms with Gasteiger partial charge in [0.15, 0.2) is 0 Å². The number of nitrogens with zero attached hydrogens (tertiary/aromatic N) is 1. The van der Waals surface area contributed by atoms with Crippen LogP contribution in [0.25, 0.3) is 0 Å². The normalized spacial score (nSPS) is 19.4. The van der Waals surface area contributed by atoms with E-state index in [1.807, 2.05) is 24.3 Å². The van der Waals surface area contributed by atoms with Crippen molar-refractivity contribution >= 4 is 5.91 Å². The molecule has 0 aromatic heterocycles. The molecule has 1 unspecified atom stereocenters. The van der Waals surface area contributed by atoms with Crippen molar-refractivity contribution in [1.82, 2.24) is 4.90 Å². The Bertz CT molecular complexity index is 447. The third kappa shape index (κ3) is 4.72. The number of likely N-dealkylation sites (tertiary alicyclic amines) is 1. The van der Waals surface area contributed by atoms with E-state index in [2.05, 4.69) is 4.90 Å². The number of benzene rings is 1. The molecule has 1 aliphatic rings. The lowest BCUT2D eigenvalue weighted by atomic mass is 10.0. The Balaban J connectivity index is 1.78. The van der Waals surface area contributed by atoms with E-state index in [1.165, 1.54) is 5.56 Å². The number of hydrogen-bond donors (Lipinski definition) is 2. The molecule has 1 amide bonds. The molecule has 0 saturated carbocycles. The molecular weight excluding hydrogens is 266 g/mol. The molecule has 116 valence electrons. The lowest BCUT2D eigenvalue weighted by Crippen LogP contribution is -2.48. The van der Waals surface area contributed by atoms with Crippen molar-refractivity contribution in [3.05, 3.63) is 29.8 Å². The summed E-state index contributed by atoms with van der Waals surface area (Å²) in [6.07, 6.45) is 3.95. The van der Waals surface area contributed by atoms with E-state index in [-0.39, 0.29) is 11.9 Å². The molecule has 0 bridgehead atoms. The number of rotatable bonds is 7. The molecule has 1 aromatic rings. The van der Waals surface area contributed by atoms with Crippen LogP contribution in [0.5, 0.6) is 5.75 Å². The van der Waals surface area contributed by atoms with Crippen molar-refractivity contribution in [2.24, 2.45) is 11.5 Å². The van der Waals surface area contributed by atoms with Crippen LogP contribution in [0.15, 0.2) is 24.3 Å². The second-order valence-electron chi connectivity index (χ2n) is 5.48. The first kappa shape index (κ1) is 15.8. The number of carbonyl (C=O) groups excluding carboxylic acids is 1. The molecule has 1 aromatic carbocycles. The number of primary amides is 1. The predicted molar refractivity (Wildman–Crippen MR) is 83.1 cm³/mol. The highest BCUT2D eigenvalue weighted by atomic mass is 16.5. The van der Waals surface area contributed by atoms with E-state index in [4.69, 9.17) is 16.2 Å². The van der Waals surface area contributed by atoms with Gasteiger partial charge in [0.25, 0.3) is 0 Å². The van der Waals surface area contributed by atoms with Crippen molar-refractivity contribution in [3.8, 4) is 5.75 Å². The average molecular weight is 291 g/mol. The lowest BCUT2D eigenvalue weighted by molar-refractivity contribution is -0.124. The average Bonchev–Trinajstić information content (AvgIpc) is 2.50. The Morgan fingerprint density at radius 1 is 1.29 bits per heavy atom. The van der Waals surface area contributed by atoms with Crippen LogP contribution in [0.2, 0.25) is 0 Å². The van der Waals surface area contributed by atoms with Crippen LogP contribution in [0.1, 0.15) is 24.8 Å². The number of hydrogen-bond acceptors (Lipinski definition) is 4. The summed E-state index contributed by atoms with van der Waals surface area (Å²) in [4.78, 5) is 13.6. The van der Waals surface area contributed by atoms with Gasteiger partial charge in [-0.3, -0.25) is 9.69 Å². The van der Waals surface area contributed by atoms with Crippen LogP contribution in [-0.2, 0) is 11.2 Å². The fourth-order valence-electron chi connectivity index (χ4n) is 2.78. The Hall–Kier alpha value is -1.59. The van der Waals surface area contributed by atoms with E-state index < -0.39 is 0 Å². The van der Waals surface area contributed by atoms with Gasteiger partial charge >= 0.3 is 0 Å². The maximum Gasteiger partial charge on any atom is 0.234 e. The Morgan fingerprint density at radius 2 is 2.05 bits per heavy atom. The van der Waals surface area contributed by atoms with Gasteiger partial charge in [-0.15, -0.1) is 0 Å². The quantitative estimate of drug-likeness (QED) is 0.782. The van der Waals surface area contributed by atoms with Crippen LogP contribution in [0.4, 0.5) is 0 Å². The van der Waals surface area contributed by atoms with Crippen molar-refractivity contribution < 1.29 is 9.53 Å². The molecule has 0 radical (unpaired) electrons. The standard InChI is InChI=1S/C16H25N3O2/c17-9-8-13-4-6-14(7-5-13)21-12-11-19-10-2-1-3-15(19)16(18)20/h4-7,15H,1-3,8-12,17H2,(H2,18,20). The Kier molecular flexibility index (Phi) is 6.02. The molecule has 5 heteroatoms. The highest BCUT2D eigenvalue weighted by Crippen LogP contribution is 2.17. The van der Waals surface area contributed by atoms with Crippen LogP contribution in [-0.4, -0.2) is 43.1 Å². The smallest absolute Gasteiger partial charge is 0.234 e. The Labute approximate surface area is 126 Å². The zero-order valence-corrected chi connectivity index (χ0v) is 12.5. The largest absolute Gasteiger partial charge is 0.492 e. The van der Waals surface area contributed by atoms with Crippen molar-refractivity contribution in [2.45, 2.75) is 31.7 Å². The fourth-order valence-corrected chi connectivity index (χ4v) is 2.78. The van der Waals surface area contributed by atoms with E-state index in [1.54, 1.807) is 0 Å². The molecule has 1 saturated heterocycles. The summed E-state index contributed by atoms with van der Waals surface area (Å²) in [5.41, 5.74) is 12.2. The molecule has 1 fully saturated rings.